The van der Waals surface area contributed by atoms with Crippen molar-refractivity contribution in [2.45, 2.75) is 59.8 Å². The summed E-state index contributed by atoms with van der Waals surface area (Å²) in [5.74, 6) is -2.63. The molecule has 7 heteroatoms. The number of ether oxygens (including phenoxy) is 1. The van der Waals surface area contributed by atoms with E-state index in [0.29, 0.717) is 29.3 Å². The minimum atomic E-state index is -0.969. The van der Waals surface area contributed by atoms with Crippen molar-refractivity contribution in [1.82, 2.24) is 0 Å². The number of hydrogen-bond donors (Lipinski definition) is 2. The molecule has 0 radical (unpaired) electrons. The van der Waals surface area contributed by atoms with Gasteiger partial charge in [0.05, 0.1) is 24.0 Å². The van der Waals surface area contributed by atoms with Gasteiger partial charge in [-0.25, -0.2) is 4.79 Å². The number of carboxylic acid groups (broad SMARTS) is 1. The van der Waals surface area contributed by atoms with Crippen molar-refractivity contribution in [3.05, 3.63) is 28.2 Å². The lowest BCUT2D eigenvalue weighted by atomic mass is 9.72. The molecule has 0 saturated heterocycles. The number of nitrogens with one attached hydrogen (secondary N) is 1. The number of thiophene rings is 1. The van der Waals surface area contributed by atoms with E-state index in [-0.39, 0.29) is 17.9 Å². The van der Waals surface area contributed by atoms with Crippen molar-refractivity contribution in [1.29, 1.82) is 0 Å². The average molecular weight is 434 g/mol. The highest BCUT2D eigenvalue weighted by molar-refractivity contribution is 7.17. The van der Waals surface area contributed by atoms with E-state index in [1.54, 1.807) is 6.92 Å². The van der Waals surface area contributed by atoms with Gasteiger partial charge in [0.2, 0.25) is 5.91 Å². The Hall–Kier alpha value is -2.15. The van der Waals surface area contributed by atoms with Crippen LogP contribution in [-0.4, -0.2) is 29.6 Å². The topological polar surface area (TPSA) is 92.7 Å². The predicted molar refractivity (Wildman–Crippen MR) is 117 cm³/mol. The summed E-state index contributed by atoms with van der Waals surface area (Å²) in [5.41, 5.74) is 1.60. The minimum Gasteiger partial charge on any atom is -0.481 e. The van der Waals surface area contributed by atoms with Gasteiger partial charge < -0.3 is 15.2 Å². The van der Waals surface area contributed by atoms with Gasteiger partial charge in [-0.2, -0.15) is 0 Å². The van der Waals surface area contributed by atoms with Gasteiger partial charge >= 0.3 is 11.9 Å². The highest BCUT2D eigenvalue weighted by Gasteiger charge is 2.37. The molecule has 2 N–H and O–H groups in total. The van der Waals surface area contributed by atoms with Crippen molar-refractivity contribution in [2.75, 3.05) is 11.9 Å². The van der Waals surface area contributed by atoms with Crippen LogP contribution in [0.3, 0.4) is 0 Å². The van der Waals surface area contributed by atoms with Crippen LogP contribution in [0.4, 0.5) is 5.00 Å². The molecule has 6 nitrogen and oxygen atoms in total. The van der Waals surface area contributed by atoms with Crippen molar-refractivity contribution in [3.8, 4) is 0 Å². The SMILES string of the molecule is CCOC(=O)c1c(NC(=O)[C@@H]2CC=CC[C@H]2C(=O)O)sc2c1CC[C@H](C(C)(C)C)C2. The number of rotatable bonds is 5. The number of amides is 1. The number of aliphatic carboxylic acids is 1. The molecule has 2 aliphatic rings. The Morgan fingerprint density at radius 2 is 1.87 bits per heavy atom. The molecule has 0 aromatic carbocycles. The quantitative estimate of drug-likeness (QED) is 0.519. The van der Waals surface area contributed by atoms with E-state index in [2.05, 4.69) is 26.1 Å². The summed E-state index contributed by atoms with van der Waals surface area (Å²) in [6.07, 6.45) is 7.02. The number of fused-ring (bicyclic) bond motifs is 1. The molecule has 0 bridgehead atoms. The third kappa shape index (κ3) is 4.61. The van der Waals surface area contributed by atoms with Gasteiger partial charge in [0, 0.05) is 4.88 Å². The van der Waals surface area contributed by atoms with E-state index in [1.807, 2.05) is 12.2 Å². The zero-order chi connectivity index (χ0) is 22.1. The summed E-state index contributed by atoms with van der Waals surface area (Å²) >= 11 is 1.44. The average Bonchev–Trinajstić information content (AvgIpc) is 3.04. The van der Waals surface area contributed by atoms with Crippen molar-refractivity contribution in [3.63, 3.8) is 0 Å². The Balaban J connectivity index is 1.91. The van der Waals surface area contributed by atoms with Crippen LogP contribution >= 0.6 is 11.3 Å². The lowest BCUT2D eigenvalue weighted by Crippen LogP contribution is -2.34. The summed E-state index contributed by atoms with van der Waals surface area (Å²) in [7, 11) is 0. The number of allylic oxidation sites excluding steroid dienone is 2. The van der Waals surface area contributed by atoms with Crippen LogP contribution in [0.25, 0.3) is 0 Å². The van der Waals surface area contributed by atoms with Crippen molar-refractivity contribution < 1.29 is 24.2 Å². The van der Waals surface area contributed by atoms with E-state index >= 15 is 0 Å². The maximum Gasteiger partial charge on any atom is 0.341 e. The van der Waals surface area contributed by atoms with Crippen LogP contribution in [-0.2, 0) is 27.2 Å². The monoisotopic (exact) mass is 433 g/mol. The van der Waals surface area contributed by atoms with Crippen LogP contribution in [0.2, 0.25) is 0 Å². The molecule has 0 unspecified atom stereocenters. The maximum atomic E-state index is 13.0. The maximum absolute atomic E-state index is 13.0. The Kier molecular flexibility index (Phi) is 6.70. The number of carbonyl (C=O) groups excluding carboxylic acids is 2. The molecule has 164 valence electrons. The number of hydrogen-bond acceptors (Lipinski definition) is 5. The van der Waals surface area contributed by atoms with Crippen LogP contribution in [0.15, 0.2) is 12.2 Å². The third-order valence-corrected chi connectivity index (χ3v) is 7.46. The smallest absolute Gasteiger partial charge is 0.341 e. The summed E-state index contributed by atoms with van der Waals surface area (Å²) < 4.78 is 5.28. The second kappa shape index (κ2) is 8.92. The molecule has 2 aliphatic carbocycles. The summed E-state index contributed by atoms with van der Waals surface area (Å²) in [6.45, 7) is 8.71. The first-order valence-corrected chi connectivity index (χ1v) is 11.4. The molecule has 1 aromatic heterocycles. The predicted octanol–water partition coefficient (Wildman–Crippen LogP) is 4.68. The Labute approximate surface area is 181 Å². The number of carbonyl (C=O) groups is 3. The molecule has 1 aromatic rings. The van der Waals surface area contributed by atoms with E-state index in [9.17, 15) is 19.5 Å². The Bertz CT molecular complexity index is 864. The number of carboxylic acids is 1. The Morgan fingerprint density at radius 1 is 1.20 bits per heavy atom. The van der Waals surface area contributed by atoms with Gasteiger partial charge in [0.25, 0.3) is 0 Å². The van der Waals surface area contributed by atoms with Gasteiger partial charge in [0.1, 0.15) is 5.00 Å². The van der Waals surface area contributed by atoms with Crippen LogP contribution in [0.1, 0.15) is 67.8 Å². The van der Waals surface area contributed by atoms with Crippen molar-refractivity contribution >= 4 is 34.2 Å². The first-order valence-electron chi connectivity index (χ1n) is 10.6. The van der Waals surface area contributed by atoms with E-state index in [1.165, 1.54) is 11.3 Å². The van der Waals surface area contributed by atoms with Crippen LogP contribution < -0.4 is 5.32 Å². The zero-order valence-electron chi connectivity index (χ0n) is 18.1. The molecule has 0 saturated carbocycles. The standard InChI is InChI=1S/C23H31NO5S/c1-5-29-22(28)18-16-11-10-13(23(2,3)4)12-17(16)30-20(18)24-19(25)14-8-6-7-9-15(14)21(26)27/h6-7,13-15H,5,8-12H2,1-4H3,(H,24,25)(H,26,27)/t13-,14+,15+/m0/s1. The minimum absolute atomic E-state index is 0.165. The van der Waals surface area contributed by atoms with Gasteiger partial charge in [0.15, 0.2) is 0 Å². The van der Waals surface area contributed by atoms with Gasteiger partial charge in [-0.3, -0.25) is 9.59 Å². The molecule has 30 heavy (non-hydrogen) atoms. The van der Waals surface area contributed by atoms with Crippen LogP contribution in [0, 0.1) is 23.2 Å². The lowest BCUT2D eigenvalue weighted by molar-refractivity contribution is -0.146. The fourth-order valence-corrected chi connectivity index (χ4v) is 5.73. The molecular formula is C23H31NO5S. The van der Waals surface area contributed by atoms with Crippen LogP contribution in [0.5, 0.6) is 0 Å². The first-order chi connectivity index (χ1) is 14.1. The fourth-order valence-electron chi connectivity index (χ4n) is 4.41. The summed E-state index contributed by atoms with van der Waals surface area (Å²) in [6, 6.07) is 0. The largest absolute Gasteiger partial charge is 0.481 e. The molecular weight excluding hydrogens is 402 g/mol. The zero-order valence-corrected chi connectivity index (χ0v) is 18.9. The van der Waals surface area contributed by atoms with Gasteiger partial charge in [-0.1, -0.05) is 32.9 Å². The molecule has 3 rings (SSSR count). The van der Waals surface area contributed by atoms with Crippen molar-refractivity contribution in [2.24, 2.45) is 23.2 Å². The molecule has 1 amide bonds. The highest BCUT2D eigenvalue weighted by Crippen LogP contribution is 2.44. The number of anilines is 1. The Morgan fingerprint density at radius 3 is 2.47 bits per heavy atom. The normalized spacial score (nSPS) is 23.5. The molecule has 0 aliphatic heterocycles. The lowest BCUT2D eigenvalue weighted by Gasteiger charge is -2.33. The van der Waals surface area contributed by atoms with E-state index < -0.39 is 23.8 Å². The van der Waals surface area contributed by atoms with Gasteiger partial charge in [-0.05, 0) is 55.9 Å². The van der Waals surface area contributed by atoms with Gasteiger partial charge in [-0.15, -0.1) is 11.3 Å². The second-order valence-electron chi connectivity index (χ2n) is 9.22. The molecule has 0 fully saturated rings. The third-order valence-electron chi connectivity index (χ3n) is 6.29. The molecule has 3 atom stereocenters. The molecule has 0 spiro atoms. The summed E-state index contributed by atoms with van der Waals surface area (Å²) in [4.78, 5) is 38.4. The highest BCUT2D eigenvalue weighted by atomic mass is 32.1. The molecule has 1 heterocycles. The second-order valence-corrected chi connectivity index (χ2v) is 10.3. The first kappa shape index (κ1) is 22.5. The summed E-state index contributed by atoms with van der Waals surface area (Å²) in [5, 5.41) is 12.9. The number of esters is 1. The van der Waals surface area contributed by atoms with E-state index in [0.717, 1.165) is 29.7 Å². The van der Waals surface area contributed by atoms with E-state index in [4.69, 9.17) is 4.74 Å². The fraction of sp³-hybridized carbons (Fsp3) is 0.609.